The van der Waals surface area contributed by atoms with E-state index in [0.717, 1.165) is 0 Å². The van der Waals surface area contributed by atoms with Gasteiger partial charge in [0.15, 0.2) is 5.65 Å². The Labute approximate surface area is 162 Å². The van der Waals surface area contributed by atoms with E-state index in [-0.39, 0.29) is 17.8 Å². The zero-order valence-electron chi connectivity index (χ0n) is 16.1. The minimum atomic E-state index is -0.248. The smallest absolute Gasteiger partial charge is 0.259 e. The van der Waals surface area contributed by atoms with Crippen molar-refractivity contribution in [3.8, 4) is 5.75 Å². The Hall–Kier alpha value is -3.16. The zero-order valence-corrected chi connectivity index (χ0v) is 16.1. The second-order valence-corrected chi connectivity index (χ2v) is 6.96. The van der Waals surface area contributed by atoms with Crippen LogP contribution in [-0.4, -0.2) is 58.4 Å². The molecule has 0 aliphatic carbocycles. The van der Waals surface area contributed by atoms with Crippen molar-refractivity contribution < 1.29 is 13.9 Å². The fraction of sp³-hybridized carbons (Fsp3) is 0.350. The molecule has 0 radical (unpaired) electrons. The van der Waals surface area contributed by atoms with Crippen molar-refractivity contribution in [3.05, 3.63) is 48.0 Å². The van der Waals surface area contributed by atoms with Crippen LogP contribution >= 0.6 is 0 Å². The van der Waals surface area contributed by atoms with Crippen LogP contribution in [0.4, 0.5) is 10.1 Å². The van der Waals surface area contributed by atoms with Crippen LogP contribution in [-0.2, 0) is 7.05 Å². The van der Waals surface area contributed by atoms with Gasteiger partial charge in [-0.15, -0.1) is 0 Å². The number of carbonyl (C=O) groups is 1. The minimum Gasteiger partial charge on any atom is -0.495 e. The van der Waals surface area contributed by atoms with Crippen LogP contribution in [0.2, 0.25) is 0 Å². The van der Waals surface area contributed by atoms with Crippen molar-refractivity contribution in [1.82, 2.24) is 19.7 Å². The summed E-state index contributed by atoms with van der Waals surface area (Å²) >= 11 is 0. The number of pyridine rings is 1. The van der Waals surface area contributed by atoms with Gasteiger partial charge in [-0.25, -0.2) is 9.37 Å². The Bertz CT molecular complexity index is 1030. The average molecular weight is 383 g/mol. The Morgan fingerprint density at radius 3 is 2.75 bits per heavy atom. The molecule has 0 bridgehead atoms. The SMILES string of the molecule is COc1c(C(=O)N2CCN(c3ccccc3F)CC2C)cnc2c1cnn2C. The van der Waals surface area contributed by atoms with E-state index in [2.05, 4.69) is 10.1 Å². The highest BCUT2D eigenvalue weighted by molar-refractivity contribution is 6.02. The lowest BCUT2D eigenvalue weighted by Gasteiger charge is -2.41. The predicted molar refractivity (Wildman–Crippen MR) is 104 cm³/mol. The summed E-state index contributed by atoms with van der Waals surface area (Å²) in [5.74, 6) is 0.0880. The molecule has 1 aliphatic heterocycles. The van der Waals surface area contributed by atoms with E-state index in [1.165, 1.54) is 13.2 Å². The molecule has 1 fully saturated rings. The number of methoxy groups -OCH3 is 1. The highest BCUT2D eigenvalue weighted by atomic mass is 19.1. The molecule has 8 heteroatoms. The van der Waals surface area contributed by atoms with Gasteiger partial charge < -0.3 is 14.5 Å². The fourth-order valence-electron chi connectivity index (χ4n) is 3.79. The van der Waals surface area contributed by atoms with E-state index in [1.807, 2.05) is 17.9 Å². The molecule has 1 unspecified atom stereocenters. The zero-order chi connectivity index (χ0) is 19.8. The topological polar surface area (TPSA) is 63.5 Å². The van der Waals surface area contributed by atoms with Gasteiger partial charge in [0, 0.05) is 38.9 Å². The number of amides is 1. The number of aryl methyl sites for hydroxylation is 1. The van der Waals surface area contributed by atoms with E-state index >= 15 is 0 Å². The first-order chi connectivity index (χ1) is 13.5. The van der Waals surface area contributed by atoms with Gasteiger partial charge in [-0.3, -0.25) is 9.48 Å². The van der Waals surface area contributed by atoms with Crippen LogP contribution in [0.25, 0.3) is 11.0 Å². The molecule has 1 atom stereocenters. The molecule has 3 aromatic rings. The van der Waals surface area contributed by atoms with E-state index in [9.17, 15) is 9.18 Å². The molecule has 28 heavy (non-hydrogen) atoms. The lowest BCUT2D eigenvalue weighted by Crippen LogP contribution is -2.54. The molecule has 0 saturated carbocycles. The standard InChI is InChI=1S/C20H22FN5O2/c1-13-12-25(17-7-5-4-6-16(17)21)8-9-26(13)20(27)15-10-22-19-14(18(15)28-3)11-23-24(19)2/h4-7,10-11,13H,8-9,12H2,1-3H3. The molecule has 1 amide bonds. The number of rotatable bonds is 3. The predicted octanol–water partition coefficient (Wildman–Crippen LogP) is 2.47. The molecule has 7 nitrogen and oxygen atoms in total. The van der Waals surface area contributed by atoms with Crippen molar-refractivity contribution >= 4 is 22.6 Å². The number of ether oxygens (including phenoxy) is 1. The molecule has 1 saturated heterocycles. The lowest BCUT2D eigenvalue weighted by molar-refractivity contribution is 0.0670. The third-order valence-corrected chi connectivity index (χ3v) is 5.23. The Morgan fingerprint density at radius 2 is 2.04 bits per heavy atom. The Balaban J connectivity index is 1.60. The number of nitrogens with zero attached hydrogens (tertiary/aromatic N) is 5. The first-order valence-corrected chi connectivity index (χ1v) is 9.16. The maximum absolute atomic E-state index is 14.1. The lowest BCUT2D eigenvalue weighted by atomic mass is 10.1. The van der Waals surface area contributed by atoms with Crippen molar-refractivity contribution in [3.63, 3.8) is 0 Å². The second-order valence-electron chi connectivity index (χ2n) is 6.96. The van der Waals surface area contributed by atoms with Crippen LogP contribution in [0.3, 0.4) is 0 Å². The van der Waals surface area contributed by atoms with E-state index in [1.54, 1.807) is 41.2 Å². The number of carbonyl (C=O) groups excluding carboxylic acids is 1. The molecule has 3 heterocycles. The molecule has 0 N–H and O–H groups in total. The molecule has 1 aliphatic rings. The number of benzene rings is 1. The molecule has 4 rings (SSSR count). The van der Waals surface area contributed by atoms with Crippen LogP contribution < -0.4 is 9.64 Å². The largest absolute Gasteiger partial charge is 0.495 e. The summed E-state index contributed by atoms with van der Waals surface area (Å²) in [6.45, 7) is 3.56. The summed E-state index contributed by atoms with van der Waals surface area (Å²) in [5, 5.41) is 4.89. The third kappa shape index (κ3) is 2.94. The number of aromatic nitrogens is 3. The van der Waals surface area contributed by atoms with E-state index in [4.69, 9.17) is 4.74 Å². The number of fused-ring (bicyclic) bond motifs is 1. The number of piperazine rings is 1. The third-order valence-electron chi connectivity index (χ3n) is 5.23. The van der Waals surface area contributed by atoms with Gasteiger partial charge in [0.2, 0.25) is 0 Å². The van der Waals surface area contributed by atoms with Gasteiger partial charge in [-0.05, 0) is 19.1 Å². The second kappa shape index (κ2) is 7.10. The molecular weight excluding hydrogens is 361 g/mol. The van der Waals surface area contributed by atoms with Crippen LogP contribution in [0, 0.1) is 5.82 Å². The van der Waals surface area contributed by atoms with Gasteiger partial charge >= 0.3 is 0 Å². The van der Waals surface area contributed by atoms with Gasteiger partial charge in [-0.2, -0.15) is 5.10 Å². The van der Waals surface area contributed by atoms with Gasteiger partial charge in [0.05, 0.1) is 24.4 Å². The summed E-state index contributed by atoms with van der Waals surface area (Å²) in [7, 11) is 3.33. The average Bonchev–Trinajstić information content (AvgIpc) is 3.08. The highest BCUT2D eigenvalue weighted by Crippen LogP contribution is 2.30. The number of halogens is 1. The normalized spacial score (nSPS) is 17.2. The number of hydrogen-bond acceptors (Lipinski definition) is 5. The van der Waals surface area contributed by atoms with E-state index in [0.29, 0.717) is 47.7 Å². The molecule has 1 aromatic carbocycles. The molecule has 0 spiro atoms. The Morgan fingerprint density at radius 1 is 1.25 bits per heavy atom. The van der Waals surface area contributed by atoms with Crippen LogP contribution in [0.15, 0.2) is 36.7 Å². The van der Waals surface area contributed by atoms with Crippen molar-refractivity contribution in [2.75, 3.05) is 31.6 Å². The first kappa shape index (κ1) is 18.2. The summed E-state index contributed by atoms with van der Waals surface area (Å²) in [6.07, 6.45) is 3.19. The number of anilines is 1. The quantitative estimate of drug-likeness (QED) is 0.695. The summed E-state index contributed by atoms with van der Waals surface area (Å²) in [4.78, 5) is 21.4. The molecule has 146 valence electrons. The van der Waals surface area contributed by atoms with Crippen LogP contribution in [0.1, 0.15) is 17.3 Å². The number of para-hydroxylation sites is 1. The summed E-state index contributed by atoms with van der Waals surface area (Å²) in [6, 6.07) is 6.63. The summed E-state index contributed by atoms with van der Waals surface area (Å²) in [5.41, 5.74) is 1.64. The number of hydrogen-bond donors (Lipinski definition) is 0. The maximum atomic E-state index is 14.1. The Kier molecular flexibility index (Phi) is 4.62. The van der Waals surface area contributed by atoms with E-state index < -0.39 is 0 Å². The fourth-order valence-corrected chi connectivity index (χ4v) is 3.79. The maximum Gasteiger partial charge on any atom is 0.259 e. The van der Waals surface area contributed by atoms with Crippen molar-refractivity contribution in [2.45, 2.75) is 13.0 Å². The monoisotopic (exact) mass is 383 g/mol. The van der Waals surface area contributed by atoms with Crippen molar-refractivity contribution in [2.24, 2.45) is 7.05 Å². The molecular formula is C20H22FN5O2. The molecule has 2 aromatic heterocycles. The minimum absolute atomic E-state index is 0.0878. The summed E-state index contributed by atoms with van der Waals surface area (Å²) < 4.78 is 21.3. The first-order valence-electron chi connectivity index (χ1n) is 9.16. The van der Waals surface area contributed by atoms with Gasteiger partial charge in [-0.1, -0.05) is 12.1 Å². The van der Waals surface area contributed by atoms with Gasteiger partial charge in [0.25, 0.3) is 5.91 Å². The van der Waals surface area contributed by atoms with Crippen LogP contribution in [0.5, 0.6) is 5.75 Å². The van der Waals surface area contributed by atoms with Gasteiger partial charge in [0.1, 0.15) is 17.1 Å². The van der Waals surface area contributed by atoms with Crippen molar-refractivity contribution in [1.29, 1.82) is 0 Å². The highest BCUT2D eigenvalue weighted by Gasteiger charge is 2.31.